The van der Waals surface area contributed by atoms with Gasteiger partial charge in [-0.25, -0.2) is 14.4 Å². The van der Waals surface area contributed by atoms with E-state index in [1.54, 1.807) is 19.9 Å². The van der Waals surface area contributed by atoms with Crippen LogP contribution in [0, 0.1) is 19.7 Å². The Hall–Kier alpha value is -3.17. The van der Waals surface area contributed by atoms with Crippen molar-refractivity contribution < 1.29 is 23.8 Å². The highest BCUT2D eigenvalue weighted by molar-refractivity contribution is 6.46. The van der Waals surface area contributed by atoms with Crippen LogP contribution in [0.25, 0.3) is 5.76 Å². The lowest BCUT2D eigenvalue weighted by Gasteiger charge is -2.31. The first-order valence-corrected chi connectivity index (χ1v) is 10.5. The number of nitrogens with zero attached hydrogens (tertiary/aromatic N) is 4. The lowest BCUT2D eigenvalue weighted by Crippen LogP contribution is -2.42. The Bertz CT molecular complexity index is 1080. The van der Waals surface area contributed by atoms with Gasteiger partial charge in [0.05, 0.1) is 36.1 Å². The Balaban J connectivity index is 1.78. The number of morpholine rings is 1. The molecule has 168 valence electrons. The molecule has 2 aliphatic rings. The summed E-state index contributed by atoms with van der Waals surface area (Å²) in [6.45, 7) is 6.74. The van der Waals surface area contributed by atoms with E-state index in [0.29, 0.717) is 44.4 Å². The van der Waals surface area contributed by atoms with E-state index >= 15 is 0 Å². The summed E-state index contributed by atoms with van der Waals surface area (Å²) in [6.07, 6.45) is 1.41. The predicted octanol–water partition coefficient (Wildman–Crippen LogP) is 1.99. The first-order valence-electron chi connectivity index (χ1n) is 10.5. The van der Waals surface area contributed by atoms with Crippen molar-refractivity contribution in [2.24, 2.45) is 0 Å². The number of Topliss-reactive ketones (excluding diaryl/α,β-unsaturated/α-hetero) is 1. The molecule has 2 aromatic rings. The largest absolute Gasteiger partial charge is 0.507 e. The number of rotatable bonds is 5. The molecule has 2 saturated heterocycles. The zero-order chi connectivity index (χ0) is 22.8. The average molecular weight is 440 g/mol. The highest BCUT2D eigenvalue weighted by Gasteiger charge is 2.47. The number of hydrogen-bond acceptors (Lipinski definition) is 7. The Morgan fingerprint density at radius 2 is 1.91 bits per heavy atom. The van der Waals surface area contributed by atoms with Crippen molar-refractivity contribution in [2.75, 3.05) is 39.4 Å². The van der Waals surface area contributed by atoms with E-state index in [1.807, 2.05) is 0 Å². The standard InChI is InChI=1S/C23H25FN4O4/c1-14-17(13-25-15(2)26-14)21(29)19-20(16-5-3-4-6-18(16)24)28(23(31)22(19)30)8-7-27-9-11-32-12-10-27/h3-6,13,20,29H,7-12H2,1-2H3/b21-19+/t20-/m0/s1. The fourth-order valence-electron chi connectivity index (χ4n) is 4.17. The third-order valence-electron chi connectivity index (χ3n) is 5.86. The molecular weight excluding hydrogens is 415 g/mol. The molecule has 1 aromatic heterocycles. The molecular formula is C23H25FN4O4. The van der Waals surface area contributed by atoms with Gasteiger partial charge < -0.3 is 14.7 Å². The van der Waals surface area contributed by atoms with Gasteiger partial charge in [0.15, 0.2) is 0 Å². The molecule has 0 saturated carbocycles. The zero-order valence-electron chi connectivity index (χ0n) is 18.0. The van der Waals surface area contributed by atoms with Crippen molar-refractivity contribution in [3.8, 4) is 0 Å². The molecule has 1 aromatic carbocycles. The van der Waals surface area contributed by atoms with Crippen molar-refractivity contribution in [1.29, 1.82) is 0 Å². The fraction of sp³-hybridized carbons (Fsp3) is 0.391. The van der Waals surface area contributed by atoms with Crippen LogP contribution < -0.4 is 0 Å². The molecule has 1 N–H and O–H groups in total. The minimum atomic E-state index is -1.04. The van der Waals surface area contributed by atoms with Crippen LogP contribution in [-0.4, -0.2) is 76.0 Å². The molecule has 32 heavy (non-hydrogen) atoms. The molecule has 0 bridgehead atoms. The number of ether oxygens (including phenoxy) is 1. The van der Waals surface area contributed by atoms with Crippen LogP contribution in [0.1, 0.15) is 28.7 Å². The molecule has 0 unspecified atom stereocenters. The number of aryl methyl sites for hydroxylation is 2. The van der Waals surface area contributed by atoms with Gasteiger partial charge in [-0.05, 0) is 19.9 Å². The number of aromatic nitrogens is 2. The second kappa shape index (κ2) is 9.13. The minimum Gasteiger partial charge on any atom is -0.507 e. The molecule has 8 nitrogen and oxygen atoms in total. The van der Waals surface area contributed by atoms with Crippen molar-refractivity contribution in [3.05, 3.63) is 64.5 Å². The van der Waals surface area contributed by atoms with E-state index in [1.165, 1.54) is 29.3 Å². The van der Waals surface area contributed by atoms with Crippen LogP contribution >= 0.6 is 0 Å². The van der Waals surface area contributed by atoms with Crippen LogP contribution in [0.4, 0.5) is 4.39 Å². The minimum absolute atomic E-state index is 0.154. The van der Waals surface area contributed by atoms with Crippen molar-refractivity contribution in [3.63, 3.8) is 0 Å². The Morgan fingerprint density at radius 1 is 1.19 bits per heavy atom. The highest BCUT2D eigenvalue weighted by Crippen LogP contribution is 2.40. The SMILES string of the molecule is Cc1ncc(/C(O)=C2\C(=O)C(=O)N(CCN3CCOCC3)[C@H]2c2ccccc2F)c(C)n1. The maximum atomic E-state index is 14.8. The summed E-state index contributed by atoms with van der Waals surface area (Å²) in [7, 11) is 0. The van der Waals surface area contributed by atoms with Crippen molar-refractivity contribution in [1.82, 2.24) is 19.8 Å². The Labute approximate surface area is 185 Å². The van der Waals surface area contributed by atoms with Crippen molar-refractivity contribution in [2.45, 2.75) is 19.9 Å². The Morgan fingerprint density at radius 3 is 2.59 bits per heavy atom. The molecule has 1 atom stereocenters. The first-order chi connectivity index (χ1) is 15.4. The number of halogens is 1. The van der Waals surface area contributed by atoms with Gasteiger partial charge in [0.25, 0.3) is 11.7 Å². The lowest BCUT2D eigenvalue weighted by molar-refractivity contribution is -0.140. The second-order valence-electron chi connectivity index (χ2n) is 7.88. The van der Waals surface area contributed by atoms with E-state index in [2.05, 4.69) is 14.9 Å². The number of likely N-dealkylation sites (tertiary alicyclic amines) is 1. The number of benzene rings is 1. The van der Waals surface area contributed by atoms with Gasteiger partial charge in [-0.1, -0.05) is 18.2 Å². The monoisotopic (exact) mass is 440 g/mol. The number of amides is 1. The van der Waals surface area contributed by atoms with Gasteiger partial charge in [-0.15, -0.1) is 0 Å². The van der Waals surface area contributed by atoms with E-state index < -0.39 is 29.3 Å². The van der Waals surface area contributed by atoms with Crippen LogP contribution in [0.3, 0.4) is 0 Å². The quantitative estimate of drug-likeness (QED) is 0.432. The third-order valence-corrected chi connectivity index (χ3v) is 5.86. The molecule has 1 amide bonds. The summed E-state index contributed by atoms with van der Waals surface area (Å²) in [6, 6.07) is 4.94. The first kappa shape index (κ1) is 22.0. The topological polar surface area (TPSA) is 95.9 Å². The summed E-state index contributed by atoms with van der Waals surface area (Å²) in [5.74, 6) is -2.06. The van der Waals surface area contributed by atoms with Crippen LogP contribution in [-0.2, 0) is 14.3 Å². The molecule has 0 aliphatic carbocycles. The molecule has 9 heteroatoms. The van der Waals surface area contributed by atoms with E-state index in [0.717, 1.165) is 0 Å². The number of hydrogen-bond donors (Lipinski definition) is 1. The lowest BCUT2D eigenvalue weighted by atomic mass is 9.95. The molecule has 2 fully saturated rings. The maximum Gasteiger partial charge on any atom is 0.295 e. The molecule has 0 spiro atoms. The summed E-state index contributed by atoms with van der Waals surface area (Å²) in [4.78, 5) is 37.8. The maximum absolute atomic E-state index is 14.8. The predicted molar refractivity (Wildman–Crippen MR) is 114 cm³/mol. The van der Waals surface area contributed by atoms with Crippen LogP contribution in [0.5, 0.6) is 0 Å². The van der Waals surface area contributed by atoms with Crippen LogP contribution in [0.15, 0.2) is 36.0 Å². The third kappa shape index (κ3) is 4.13. The zero-order valence-corrected chi connectivity index (χ0v) is 18.0. The Kier molecular flexibility index (Phi) is 6.29. The molecule has 4 rings (SSSR count). The second-order valence-corrected chi connectivity index (χ2v) is 7.88. The van der Waals surface area contributed by atoms with Gasteiger partial charge in [0.2, 0.25) is 0 Å². The van der Waals surface area contributed by atoms with Gasteiger partial charge >= 0.3 is 0 Å². The fourth-order valence-corrected chi connectivity index (χ4v) is 4.17. The highest BCUT2D eigenvalue weighted by atomic mass is 19.1. The summed E-state index contributed by atoms with van der Waals surface area (Å²) in [5, 5.41) is 11.1. The number of carbonyl (C=O) groups is 2. The van der Waals surface area contributed by atoms with Gasteiger partial charge in [-0.2, -0.15) is 0 Å². The smallest absolute Gasteiger partial charge is 0.295 e. The van der Waals surface area contributed by atoms with Gasteiger partial charge in [-0.3, -0.25) is 14.5 Å². The van der Waals surface area contributed by atoms with Gasteiger partial charge in [0, 0.05) is 37.9 Å². The molecule has 0 radical (unpaired) electrons. The number of carbonyl (C=O) groups excluding carboxylic acids is 2. The normalized spacial score (nSPS) is 21.3. The van der Waals surface area contributed by atoms with Gasteiger partial charge in [0.1, 0.15) is 17.4 Å². The number of aliphatic hydroxyl groups is 1. The van der Waals surface area contributed by atoms with Crippen molar-refractivity contribution >= 4 is 17.4 Å². The summed E-state index contributed by atoms with van der Waals surface area (Å²) < 4.78 is 20.2. The molecule has 3 heterocycles. The van der Waals surface area contributed by atoms with Crippen LogP contribution in [0.2, 0.25) is 0 Å². The van der Waals surface area contributed by atoms with E-state index in [4.69, 9.17) is 4.74 Å². The van der Waals surface area contributed by atoms with E-state index in [9.17, 15) is 19.1 Å². The molecule has 2 aliphatic heterocycles. The summed E-state index contributed by atoms with van der Waals surface area (Å²) in [5.41, 5.74) is 0.698. The number of aliphatic hydroxyl groups excluding tert-OH is 1. The number of ketones is 1. The van der Waals surface area contributed by atoms with E-state index in [-0.39, 0.29) is 23.2 Å². The summed E-state index contributed by atoms with van der Waals surface area (Å²) >= 11 is 0. The average Bonchev–Trinajstić information content (AvgIpc) is 3.03.